The number of rotatable bonds is 45. The summed E-state index contributed by atoms with van der Waals surface area (Å²) in [7, 11) is -1.72. The number of nitrogens with zero attached hydrogens (tertiary/aromatic N) is 1. The molecule has 1 N–H and O–H groups in total. The van der Waals surface area contributed by atoms with E-state index in [0.717, 1.165) is 129 Å². The van der Waals surface area contributed by atoms with Crippen molar-refractivity contribution in [3.63, 3.8) is 0 Å². The molecular formula is C48H96N2O6S. The van der Waals surface area contributed by atoms with Crippen LogP contribution in [0.5, 0.6) is 0 Å². The molecule has 0 saturated carbocycles. The topological polar surface area (TPSA) is 102 Å². The first-order chi connectivity index (χ1) is 27.7. The molecule has 9 heteroatoms. The summed E-state index contributed by atoms with van der Waals surface area (Å²) >= 11 is 0. The predicted octanol–water partition coefficient (Wildman–Crippen LogP) is 13.4. The Kier molecular flexibility index (Phi) is 40.7. The second-order valence-electron chi connectivity index (χ2n) is 17.1. The first-order valence-electron chi connectivity index (χ1n) is 24.7. The summed E-state index contributed by atoms with van der Waals surface area (Å²) in [6.07, 6.45) is 39.0. The lowest BCUT2D eigenvalue weighted by Gasteiger charge is -2.22. The minimum atomic E-state index is -3.20. The molecule has 1 unspecified atom stereocenters. The third-order valence-corrected chi connectivity index (χ3v) is 13.0. The van der Waals surface area contributed by atoms with Gasteiger partial charge in [-0.15, -0.1) is 0 Å². The van der Waals surface area contributed by atoms with Gasteiger partial charge in [0.05, 0.1) is 5.75 Å². The molecule has 0 heterocycles. The van der Waals surface area contributed by atoms with Gasteiger partial charge in [0, 0.05) is 12.8 Å². The fourth-order valence-electron chi connectivity index (χ4n) is 7.74. The van der Waals surface area contributed by atoms with Crippen molar-refractivity contribution in [2.75, 3.05) is 32.4 Å². The lowest BCUT2D eigenvalue weighted by Crippen LogP contribution is -2.30. The third-order valence-electron chi connectivity index (χ3n) is 11.6. The van der Waals surface area contributed by atoms with Crippen molar-refractivity contribution >= 4 is 22.0 Å². The zero-order chi connectivity index (χ0) is 42.1. The number of esters is 2. The summed E-state index contributed by atoms with van der Waals surface area (Å²) < 4.78 is 38.3. The van der Waals surface area contributed by atoms with Crippen LogP contribution in [0.15, 0.2) is 0 Å². The molecule has 0 aromatic rings. The zero-order valence-corrected chi connectivity index (χ0v) is 39.4. The average molecular weight is 829 g/mol. The summed E-state index contributed by atoms with van der Waals surface area (Å²) in [6, 6.07) is 0. The third kappa shape index (κ3) is 38.7. The standard InChI is InChI=1S/C48H96N2O6S/c1-6-10-13-16-21-28-36-45(9-4)55-47(51)39-31-24-19-26-33-41-50(43-35-44-57(53,54)49-5)42-34-27-20-25-32-40-48(52)56-46(37-29-22-17-14-11-7-2)38-30-23-18-15-12-8-3/h45-46,49H,6-44H2,1-5H3. The quantitative estimate of drug-likeness (QED) is 0.0482. The fraction of sp³-hybridized carbons (Fsp3) is 0.958. The highest BCUT2D eigenvalue weighted by molar-refractivity contribution is 7.89. The molecule has 57 heavy (non-hydrogen) atoms. The first-order valence-corrected chi connectivity index (χ1v) is 26.4. The number of sulfonamides is 1. The fourth-order valence-corrected chi connectivity index (χ4v) is 8.45. The number of carbonyl (C=O) groups is 2. The number of unbranched alkanes of at least 4 members (excludes halogenated alkanes) is 23. The Morgan fingerprint density at radius 2 is 0.789 bits per heavy atom. The van der Waals surface area contributed by atoms with E-state index in [2.05, 4.69) is 37.3 Å². The van der Waals surface area contributed by atoms with E-state index >= 15 is 0 Å². The number of hydrogen-bond acceptors (Lipinski definition) is 7. The maximum Gasteiger partial charge on any atom is 0.306 e. The van der Waals surface area contributed by atoms with Crippen LogP contribution in [-0.4, -0.2) is 69.9 Å². The Balaban J connectivity index is 4.43. The van der Waals surface area contributed by atoms with Crippen molar-refractivity contribution in [2.45, 2.75) is 265 Å². The molecule has 8 nitrogen and oxygen atoms in total. The van der Waals surface area contributed by atoms with Crippen molar-refractivity contribution < 1.29 is 27.5 Å². The molecule has 340 valence electrons. The molecule has 0 rings (SSSR count). The molecule has 0 aliphatic rings. The molecular weight excluding hydrogens is 733 g/mol. The predicted molar refractivity (Wildman–Crippen MR) is 243 cm³/mol. The highest BCUT2D eigenvalue weighted by Crippen LogP contribution is 2.19. The maximum absolute atomic E-state index is 12.8. The Morgan fingerprint density at radius 3 is 1.19 bits per heavy atom. The number of nitrogens with one attached hydrogen (secondary N) is 1. The maximum atomic E-state index is 12.8. The minimum Gasteiger partial charge on any atom is -0.462 e. The van der Waals surface area contributed by atoms with Gasteiger partial charge >= 0.3 is 11.9 Å². The summed E-state index contributed by atoms with van der Waals surface area (Å²) in [5, 5.41) is 0. The van der Waals surface area contributed by atoms with Crippen LogP contribution in [0.1, 0.15) is 252 Å². The van der Waals surface area contributed by atoms with Gasteiger partial charge in [-0.1, -0.05) is 163 Å². The Bertz CT molecular complexity index is 977. The van der Waals surface area contributed by atoms with Gasteiger partial charge in [-0.2, -0.15) is 0 Å². The molecule has 0 aliphatic carbocycles. The van der Waals surface area contributed by atoms with E-state index in [1.807, 2.05) is 0 Å². The van der Waals surface area contributed by atoms with Crippen LogP contribution >= 0.6 is 0 Å². The van der Waals surface area contributed by atoms with Crippen molar-refractivity contribution in [1.82, 2.24) is 9.62 Å². The van der Waals surface area contributed by atoms with Gasteiger partial charge in [0.1, 0.15) is 12.2 Å². The molecule has 0 aromatic carbocycles. The molecule has 0 spiro atoms. The highest BCUT2D eigenvalue weighted by atomic mass is 32.2. The molecule has 0 bridgehead atoms. The van der Waals surface area contributed by atoms with Crippen molar-refractivity contribution in [1.29, 1.82) is 0 Å². The zero-order valence-electron chi connectivity index (χ0n) is 38.5. The van der Waals surface area contributed by atoms with E-state index in [1.165, 1.54) is 103 Å². The molecule has 1 atom stereocenters. The van der Waals surface area contributed by atoms with Crippen LogP contribution in [0.2, 0.25) is 0 Å². The summed E-state index contributed by atoms with van der Waals surface area (Å²) in [6.45, 7) is 11.6. The van der Waals surface area contributed by atoms with Gasteiger partial charge in [-0.05, 0) is 104 Å². The van der Waals surface area contributed by atoms with Crippen LogP contribution in [0.25, 0.3) is 0 Å². The summed E-state index contributed by atoms with van der Waals surface area (Å²) in [5.74, 6) is 0.105. The number of ether oxygens (including phenoxy) is 2. The van der Waals surface area contributed by atoms with E-state index in [0.29, 0.717) is 19.3 Å². The van der Waals surface area contributed by atoms with Gasteiger partial charge in [-0.25, -0.2) is 13.1 Å². The van der Waals surface area contributed by atoms with Crippen LogP contribution < -0.4 is 4.72 Å². The van der Waals surface area contributed by atoms with Crippen molar-refractivity contribution in [3.05, 3.63) is 0 Å². The molecule has 0 aliphatic heterocycles. The Hall–Kier alpha value is -1.19. The van der Waals surface area contributed by atoms with E-state index in [1.54, 1.807) is 0 Å². The molecule has 0 radical (unpaired) electrons. The van der Waals surface area contributed by atoms with Gasteiger partial charge in [-0.3, -0.25) is 9.59 Å². The second-order valence-corrected chi connectivity index (χ2v) is 19.1. The van der Waals surface area contributed by atoms with Gasteiger partial charge < -0.3 is 14.4 Å². The molecule has 0 amide bonds. The van der Waals surface area contributed by atoms with E-state index in [4.69, 9.17) is 9.47 Å². The van der Waals surface area contributed by atoms with E-state index in [9.17, 15) is 18.0 Å². The van der Waals surface area contributed by atoms with Crippen LogP contribution in [0, 0.1) is 0 Å². The van der Waals surface area contributed by atoms with E-state index in [-0.39, 0.29) is 29.9 Å². The highest BCUT2D eigenvalue weighted by Gasteiger charge is 2.15. The summed E-state index contributed by atoms with van der Waals surface area (Å²) in [4.78, 5) is 27.7. The lowest BCUT2D eigenvalue weighted by atomic mass is 10.0. The normalized spacial score (nSPS) is 12.5. The SMILES string of the molecule is CCCCCCCCC(CC)OC(=O)CCCCCCCN(CCCCCCCC(=O)OC(CCCCCCCC)CCCCCCCC)CCCS(=O)(=O)NC. The van der Waals surface area contributed by atoms with Crippen molar-refractivity contribution in [3.8, 4) is 0 Å². The smallest absolute Gasteiger partial charge is 0.306 e. The molecule has 0 fully saturated rings. The second kappa shape index (κ2) is 41.5. The number of carbonyl (C=O) groups excluding carboxylic acids is 2. The Morgan fingerprint density at radius 1 is 0.456 bits per heavy atom. The minimum absolute atomic E-state index is 0.0106. The van der Waals surface area contributed by atoms with Crippen LogP contribution in [0.4, 0.5) is 0 Å². The molecule has 0 saturated heterocycles. The summed E-state index contributed by atoms with van der Waals surface area (Å²) in [5.41, 5.74) is 0. The van der Waals surface area contributed by atoms with Gasteiger partial charge in [0.25, 0.3) is 0 Å². The van der Waals surface area contributed by atoms with Crippen molar-refractivity contribution in [2.24, 2.45) is 0 Å². The Labute approximate surface area is 355 Å². The molecule has 0 aromatic heterocycles. The average Bonchev–Trinajstić information content (AvgIpc) is 3.19. The largest absolute Gasteiger partial charge is 0.462 e. The van der Waals surface area contributed by atoms with Crippen LogP contribution in [-0.2, 0) is 29.1 Å². The first kappa shape index (κ1) is 55.8. The monoisotopic (exact) mass is 829 g/mol. The lowest BCUT2D eigenvalue weighted by molar-refractivity contribution is -0.150. The van der Waals surface area contributed by atoms with Crippen LogP contribution in [0.3, 0.4) is 0 Å². The van der Waals surface area contributed by atoms with Gasteiger partial charge in [0.15, 0.2) is 0 Å². The van der Waals surface area contributed by atoms with E-state index < -0.39 is 10.0 Å². The number of hydrogen-bond donors (Lipinski definition) is 1. The van der Waals surface area contributed by atoms with Gasteiger partial charge in [0.2, 0.25) is 10.0 Å².